The van der Waals surface area contributed by atoms with Gasteiger partial charge in [-0.05, 0) is 41.7 Å². The maximum atomic E-state index is 14.2. The number of hydrogen-bond donors (Lipinski definition) is 0. The summed E-state index contributed by atoms with van der Waals surface area (Å²) in [6.07, 6.45) is 5.01. The van der Waals surface area contributed by atoms with E-state index in [1.165, 1.54) is 30.7 Å². The Balaban J connectivity index is 1.81. The highest BCUT2D eigenvalue weighted by molar-refractivity contribution is 7.78. The average molecular weight is 362 g/mol. The second-order valence-corrected chi connectivity index (χ2v) is 6.29. The summed E-state index contributed by atoms with van der Waals surface area (Å²) in [5.41, 5.74) is 4.99. The van der Waals surface area contributed by atoms with Gasteiger partial charge >= 0.3 is 0 Å². The molecule has 0 saturated heterocycles. The van der Waals surface area contributed by atoms with Gasteiger partial charge in [0.05, 0.1) is 17.0 Å². The molecule has 4 heteroatoms. The Morgan fingerprint density at radius 3 is 2.19 bits per heavy atom. The highest BCUT2D eigenvalue weighted by Crippen LogP contribution is 2.27. The Kier molecular flexibility index (Phi) is 6.00. The largest absolute Gasteiger partial charge is 0.251 e. The van der Waals surface area contributed by atoms with E-state index >= 15 is 0 Å². The maximum Gasteiger partial charge on any atom is 0.151 e. The molecule has 0 atom stereocenters. The third-order valence-corrected chi connectivity index (χ3v) is 4.36. The fraction of sp³-hybridized carbons (Fsp3) is 0.182. The van der Waals surface area contributed by atoms with E-state index in [-0.39, 0.29) is 0 Å². The molecule has 3 rings (SSSR count). The van der Waals surface area contributed by atoms with Crippen LogP contribution < -0.4 is 0 Å². The lowest BCUT2D eigenvalue weighted by molar-refractivity contribution is 0.626. The van der Waals surface area contributed by atoms with Crippen molar-refractivity contribution >= 4 is 23.1 Å². The van der Waals surface area contributed by atoms with E-state index < -0.39 is 5.82 Å². The smallest absolute Gasteiger partial charge is 0.151 e. The van der Waals surface area contributed by atoms with Crippen LogP contribution in [0.15, 0.2) is 65.8 Å². The van der Waals surface area contributed by atoms with Gasteiger partial charge in [-0.1, -0.05) is 61.9 Å². The number of rotatable bonds is 6. The van der Waals surface area contributed by atoms with Crippen LogP contribution in [-0.4, -0.2) is 10.1 Å². The number of halogens is 1. The number of aryl methyl sites for hydroxylation is 1. The predicted molar refractivity (Wildman–Crippen MR) is 108 cm³/mol. The first-order chi connectivity index (χ1) is 12.7. The minimum atomic E-state index is -0.426. The molecule has 0 spiro atoms. The van der Waals surface area contributed by atoms with Crippen LogP contribution in [0.25, 0.3) is 22.4 Å². The fourth-order valence-electron chi connectivity index (χ4n) is 2.82. The molecule has 130 valence electrons. The van der Waals surface area contributed by atoms with Crippen LogP contribution in [0, 0.1) is 5.82 Å². The van der Waals surface area contributed by atoms with Crippen LogP contribution in [0.4, 0.5) is 10.1 Å². The van der Waals surface area contributed by atoms with Crippen LogP contribution in [0.1, 0.15) is 25.3 Å². The normalized spacial score (nSPS) is 10.4. The minimum Gasteiger partial charge on any atom is -0.251 e. The SMILES string of the molecule is CCCCc1ccc(-c2ccc(-c3ncc(N=C=S)cc3F)cc2)cc1. The monoisotopic (exact) mass is 362 g/mol. The van der Waals surface area contributed by atoms with Crippen LogP contribution in [-0.2, 0) is 6.42 Å². The van der Waals surface area contributed by atoms with E-state index in [9.17, 15) is 4.39 Å². The van der Waals surface area contributed by atoms with E-state index in [2.05, 4.69) is 58.5 Å². The molecule has 0 fully saturated rings. The summed E-state index contributed by atoms with van der Waals surface area (Å²) in [5.74, 6) is -0.426. The molecule has 0 unspecified atom stereocenters. The summed E-state index contributed by atoms with van der Waals surface area (Å²) in [6.45, 7) is 2.20. The number of thiocarbonyl (C=S) groups is 1. The van der Waals surface area contributed by atoms with Gasteiger partial charge in [0.25, 0.3) is 0 Å². The fourth-order valence-corrected chi connectivity index (χ4v) is 2.92. The van der Waals surface area contributed by atoms with E-state index in [4.69, 9.17) is 0 Å². The van der Waals surface area contributed by atoms with E-state index in [1.54, 1.807) is 0 Å². The molecule has 0 aliphatic carbocycles. The van der Waals surface area contributed by atoms with Crippen molar-refractivity contribution in [1.82, 2.24) is 4.98 Å². The van der Waals surface area contributed by atoms with E-state index in [0.29, 0.717) is 11.4 Å². The Labute approximate surface area is 158 Å². The van der Waals surface area contributed by atoms with Crippen LogP contribution in [0.3, 0.4) is 0 Å². The van der Waals surface area contributed by atoms with Crippen molar-refractivity contribution in [3.05, 3.63) is 72.2 Å². The topological polar surface area (TPSA) is 25.2 Å². The summed E-state index contributed by atoms with van der Waals surface area (Å²) < 4.78 is 14.2. The number of aliphatic imine (C=N–C) groups is 1. The highest BCUT2D eigenvalue weighted by Gasteiger charge is 2.08. The molecule has 2 nitrogen and oxygen atoms in total. The van der Waals surface area contributed by atoms with E-state index in [0.717, 1.165) is 23.1 Å². The number of nitrogens with zero attached hydrogens (tertiary/aromatic N) is 2. The summed E-state index contributed by atoms with van der Waals surface area (Å²) in [7, 11) is 0. The molecule has 2 aromatic carbocycles. The minimum absolute atomic E-state index is 0.301. The molecule has 1 aromatic heterocycles. The van der Waals surface area contributed by atoms with Crippen molar-refractivity contribution in [2.45, 2.75) is 26.2 Å². The molecular formula is C22H19FN2S. The summed E-state index contributed by atoms with van der Waals surface area (Å²) in [4.78, 5) is 7.90. The van der Waals surface area contributed by atoms with Crippen molar-refractivity contribution in [1.29, 1.82) is 0 Å². The lowest BCUT2D eigenvalue weighted by Gasteiger charge is -2.07. The second-order valence-electron chi connectivity index (χ2n) is 6.10. The number of aromatic nitrogens is 1. The zero-order chi connectivity index (χ0) is 18.4. The summed E-state index contributed by atoms with van der Waals surface area (Å²) in [5, 5.41) is 2.21. The first kappa shape index (κ1) is 18.1. The van der Waals surface area contributed by atoms with Gasteiger partial charge < -0.3 is 0 Å². The van der Waals surface area contributed by atoms with Crippen molar-refractivity contribution < 1.29 is 4.39 Å². The predicted octanol–water partition coefficient (Wildman–Crippen LogP) is 6.63. The van der Waals surface area contributed by atoms with Gasteiger partial charge in [0, 0.05) is 11.6 Å². The number of unbranched alkanes of at least 4 members (excludes halogenated alkanes) is 1. The average Bonchev–Trinajstić information content (AvgIpc) is 2.67. The van der Waals surface area contributed by atoms with Crippen molar-refractivity contribution in [3.63, 3.8) is 0 Å². The van der Waals surface area contributed by atoms with Gasteiger partial charge in [-0.15, -0.1) is 0 Å². The lowest BCUT2D eigenvalue weighted by atomic mass is 10.00. The summed E-state index contributed by atoms with van der Waals surface area (Å²) >= 11 is 4.53. The molecule has 0 aliphatic rings. The van der Waals surface area contributed by atoms with Crippen LogP contribution in [0.5, 0.6) is 0 Å². The third kappa shape index (κ3) is 4.29. The molecule has 0 radical (unpaired) electrons. The van der Waals surface area contributed by atoms with E-state index in [1.807, 2.05) is 24.3 Å². The number of isothiocyanates is 1. The second kappa shape index (κ2) is 8.61. The van der Waals surface area contributed by atoms with Crippen molar-refractivity contribution in [2.75, 3.05) is 0 Å². The van der Waals surface area contributed by atoms with Gasteiger partial charge in [0.2, 0.25) is 0 Å². The lowest BCUT2D eigenvalue weighted by Crippen LogP contribution is -1.89. The molecule has 1 heterocycles. The number of hydrogen-bond acceptors (Lipinski definition) is 3. The van der Waals surface area contributed by atoms with Crippen molar-refractivity contribution in [3.8, 4) is 22.4 Å². The number of benzene rings is 2. The first-order valence-electron chi connectivity index (χ1n) is 8.64. The Morgan fingerprint density at radius 1 is 1.00 bits per heavy atom. The first-order valence-corrected chi connectivity index (χ1v) is 9.05. The highest BCUT2D eigenvalue weighted by atomic mass is 32.1. The van der Waals surface area contributed by atoms with Crippen molar-refractivity contribution in [2.24, 2.45) is 4.99 Å². The van der Waals surface area contributed by atoms with Crippen LogP contribution >= 0.6 is 12.2 Å². The molecule has 26 heavy (non-hydrogen) atoms. The van der Waals surface area contributed by atoms with Gasteiger partial charge in [-0.2, -0.15) is 4.99 Å². The zero-order valence-corrected chi connectivity index (χ0v) is 15.4. The standard InChI is InChI=1S/C22H19FN2S/c1-2-3-4-16-5-7-17(8-6-16)18-9-11-19(12-10-18)22-21(23)13-20(14-24-22)25-15-26/h5-14H,2-4H2,1H3. The Hall–Kier alpha value is -2.68. The molecular weight excluding hydrogens is 343 g/mol. The van der Waals surface area contributed by atoms with Gasteiger partial charge in [-0.3, -0.25) is 4.98 Å². The molecule has 3 aromatic rings. The summed E-state index contributed by atoms with van der Waals surface area (Å²) in [6, 6.07) is 17.7. The van der Waals surface area contributed by atoms with Crippen LogP contribution in [0.2, 0.25) is 0 Å². The molecule has 0 saturated carbocycles. The van der Waals surface area contributed by atoms with Gasteiger partial charge in [-0.25, -0.2) is 4.39 Å². The molecule has 0 N–H and O–H groups in total. The Morgan fingerprint density at radius 2 is 1.62 bits per heavy atom. The molecule has 0 aliphatic heterocycles. The maximum absolute atomic E-state index is 14.2. The Bertz CT molecular complexity index is 927. The number of pyridine rings is 1. The van der Waals surface area contributed by atoms with Gasteiger partial charge in [0.15, 0.2) is 5.82 Å². The third-order valence-electron chi connectivity index (χ3n) is 4.27. The molecule has 0 amide bonds. The van der Waals surface area contributed by atoms with Gasteiger partial charge in [0.1, 0.15) is 5.69 Å². The zero-order valence-electron chi connectivity index (χ0n) is 14.6. The molecule has 0 bridgehead atoms. The quantitative estimate of drug-likeness (QED) is 0.363.